The summed E-state index contributed by atoms with van der Waals surface area (Å²) in [5, 5.41) is 0.612. The van der Waals surface area contributed by atoms with Gasteiger partial charge in [0.15, 0.2) is 0 Å². The molecule has 1 aliphatic rings. The molecule has 106 valence electrons. The predicted octanol–water partition coefficient (Wildman–Crippen LogP) is 2.36. The van der Waals surface area contributed by atoms with E-state index in [2.05, 4.69) is 6.92 Å². The van der Waals surface area contributed by atoms with Gasteiger partial charge >= 0.3 is 0 Å². The monoisotopic (exact) mass is 283 g/mol. The fourth-order valence-corrected chi connectivity index (χ4v) is 2.78. The number of nitrogens with two attached hydrogens (primary N) is 1. The third kappa shape index (κ3) is 3.12. The first kappa shape index (κ1) is 14.4. The van der Waals surface area contributed by atoms with E-state index in [0.717, 1.165) is 13.0 Å². The second kappa shape index (κ2) is 5.97. The van der Waals surface area contributed by atoms with Gasteiger partial charge in [0.2, 0.25) is 0 Å². The van der Waals surface area contributed by atoms with E-state index in [1.165, 1.54) is 12.8 Å². The molecule has 0 aromatic carbocycles. The topological polar surface area (TPSA) is 51.3 Å². The maximum atomic E-state index is 12.6. The molecule has 4 nitrogen and oxygen atoms in total. The van der Waals surface area contributed by atoms with Gasteiger partial charge in [0.25, 0.3) is 5.91 Å². The number of hydrogen-bond acceptors (Lipinski definition) is 2. The zero-order valence-corrected chi connectivity index (χ0v) is 12.4. The van der Waals surface area contributed by atoms with Crippen LogP contribution in [-0.2, 0) is 6.54 Å². The molecule has 0 bridgehead atoms. The molecule has 0 saturated heterocycles. The van der Waals surface area contributed by atoms with Crippen molar-refractivity contribution in [2.45, 2.75) is 38.8 Å². The molecule has 1 saturated carbocycles. The minimum atomic E-state index is 0.0164. The normalized spacial score (nSPS) is 16.4. The van der Waals surface area contributed by atoms with E-state index in [4.69, 9.17) is 17.3 Å². The summed E-state index contributed by atoms with van der Waals surface area (Å²) >= 11 is 6.02. The van der Waals surface area contributed by atoms with Crippen molar-refractivity contribution in [2.75, 3.05) is 13.6 Å². The summed E-state index contributed by atoms with van der Waals surface area (Å²) in [5.74, 6) is 0.590. The molecule has 5 heteroatoms. The zero-order chi connectivity index (χ0) is 14.0. The van der Waals surface area contributed by atoms with E-state index in [1.807, 2.05) is 17.8 Å². The van der Waals surface area contributed by atoms with Crippen LogP contribution in [0.1, 0.15) is 36.7 Å². The first-order valence-electron chi connectivity index (χ1n) is 6.91. The summed E-state index contributed by atoms with van der Waals surface area (Å²) in [6.07, 6.45) is 5.14. The third-order valence-corrected chi connectivity index (χ3v) is 3.98. The molecule has 0 aliphatic heterocycles. The van der Waals surface area contributed by atoms with Crippen LogP contribution in [0.25, 0.3) is 0 Å². The Morgan fingerprint density at radius 1 is 1.63 bits per heavy atom. The average Bonchev–Trinajstić information content (AvgIpc) is 3.14. The molecule has 1 unspecified atom stereocenters. The van der Waals surface area contributed by atoms with Gasteiger partial charge in [-0.2, -0.15) is 0 Å². The Morgan fingerprint density at radius 3 is 2.84 bits per heavy atom. The van der Waals surface area contributed by atoms with Crippen LogP contribution >= 0.6 is 11.6 Å². The molecule has 19 heavy (non-hydrogen) atoms. The molecule has 0 radical (unpaired) electrons. The number of carbonyl (C=O) groups is 1. The molecule has 2 N–H and O–H groups in total. The fraction of sp³-hybridized carbons (Fsp3) is 0.643. The van der Waals surface area contributed by atoms with Gasteiger partial charge in [-0.15, -0.1) is 0 Å². The molecule has 1 aliphatic carbocycles. The summed E-state index contributed by atoms with van der Waals surface area (Å²) in [4.78, 5) is 14.4. The second-order valence-electron chi connectivity index (χ2n) is 5.29. The van der Waals surface area contributed by atoms with Crippen molar-refractivity contribution in [1.29, 1.82) is 0 Å². The lowest BCUT2D eigenvalue weighted by Gasteiger charge is -2.27. The standard InChI is InChI=1S/C14H22ClN3O/c1-3-6-18-9-11(15)7-12(18)14(19)17(2)13(8-16)10-4-5-10/h7,9-10,13H,3-6,8,16H2,1-2H3. The van der Waals surface area contributed by atoms with Crippen molar-refractivity contribution in [3.05, 3.63) is 23.0 Å². The van der Waals surface area contributed by atoms with Gasteiger partial charge in [0.05, 0.1) is 5.02 Å². The van der Waals surface area contributed by atoms with Gasteiger partial charge in [-0.05, 0) is 31.2 Å². The van der Waals surface area contributed by atoms with Crippen molar-refractivity contribution in [1.82, 2.24) is 9.47 Å². The Hall–Kier alpha value is -1.00. The first-order chi connectivity index (χ1) is 9.08. The third-order valence-electron chi connectivity index (χ3n) is 3.77. The van der Waals surface area contributed by atoms with Crippen molar-refractivity contribution in [3.8, 4) is 0 Å². The van der Waals surface area contributed by atoms with Gasteiger partial charge in [0.1, 0.15) is 5.69 Å². The number of likely N-dealkylation sites (N-methyl/N-ethyl adjacent to an activating group) is 1. The van der Waals surface area contributed by atoms with Crippen LogP contribution in [0.5, 0.6) is 0 Å². The van der Waals surface area contributed by atoms with Crippen LogP contribution < -0.4 is 5.73 Å². The number of rotatable bonds is 6. The van der Waals surface area contributed by atoms with Crippen molar-refractivity contribution in [3.63, 3.8) is 0 Å². The number of aryl methyl sites for hydroxylation is 1. The van der Waals surface area contributed by atoms with Crippen molar-refractivity contribution < 1.29 is 4.79 Å². The average molecular weight is 284 g/mol. The molecule has 1 heterocycles. The van der Waals surface area contributed by atoms with Crippen LogP contribution in [0.4, 0.5) is 0 Å². The smallest absolute Gasteiger partial charge is 0.270 e. The molecule has 1 atom stereocenters. The summed E-state index contributed by atoms with van der Waals surface area (Å²) in [6, 6.07) is 1.90. The highest BCUT2D eigenvalue weighted by Crippen LogP contribution is 2.35. The Morgan fingerprint density at radius 2 is 2.32 bits per heavy atom. The molecule has 1 fully saturated rings. The van der Waals surface area contributed by atoms with Gasteiger partial charge in [-0.1, -0.05) is 18.5 Å². The summed E-state index contributed by atoms with van der Waals surface area (Å²) in [5.41, 5.74) is 6.47. The van der Waals surface area contributed by atoms with Gasteiger partial charge in [0, 0.05) is 32.4 Å². The van der Waals surface area contributed by atoms with Crippen molar-refractivity contribution >= 4 is 17.5 Å². The largest absolute Gasteiger partial charge is 0.342 e. The fourth-order valence-electron chi connectivity index (χ4n) is 2.56. The van der Waals surface area contributed by atoms with Crippen LogP contribution in [0.15, 0.2) is 12.3 Å². The minimum Gasteiger partial charge on any atom is -0.342 e. The molecule has 1 aromatic rings. The predicted molar refractivity (Wildman–Crippen MR) is 77.4 cm³/mol. The zero-order valence-electron chi connectivity index (χ0n) is 11.6. The summed E-state index contributed by atoms with van der Waals surface area (Å²) in [6.45, 7) is 3.41. The quantitative estimate of drug-likeness (QED) is 0.871. The number of amides is 1. The van der Waals surface area contributed by atoms with E-state index >= 15 is 0 Å². The maximum absolute atomic E-state index is 12.6. The second-order valence-corrected chi connectivity index (χ2v) is 5.73. The number of nitrogens with zero attached hydrogens (tertiary/aromatic N) is 2. The molecule has 2 rings (SSSR count). The lowest BCUT2D eigenvalue weighted by atomic mass is 10.1. The number of hydrogen-bond donors (Lipinski definition) is 1. The van der Waals surface area contributed by atoms with E-state index in [-0.39, 0.29) is 11.9 Å². The van der Waals surface area contributed by atoms with Gasteiger partial charge in [-0.25, -0.2) is 0 Å². The van der Waals surface area contributed by atoms with Gasteiger partial charge in [-0.3, -0.25) is 4.79 Å². The highest BCUT2D eigenvalue weighted by atomic mass is 35.5. The Labute approximate surface area is 119 Å². The molecule has 1 amide bonds. The molecule has 0 spiro atoms. The number of aromatic nitrogens is 1. The summed E-state index contributed by atoms with van der Waals surface area (Å²) in [7, 11) is 1.84. The van der Waals surface area contributed by atoms with Gasteiger partial charge < -0.3 is 15.2 Å². The lowest BCUT2D eigenvalue weighted by Crippen LogP contribution is -2.43. The highest BCUT2D eigenvalue weighted by molar-refractivity contribution is 6.31. The Kier molecular flexibility index (Phi) is 4.53. The van der Waals surface area contributed by atoms with Crippen LogP contribution in [0.2, 0.25) is 5.02 Å². The highest BCUT2D eigenvalue weighted by Gasteiger charge is 2.35. The van der Waals surface area contributed by atoms with Crippen LogP contribution in [0, 0.1) is 5.92 Å². The van der Waals surface area contributed by atoms with Crippen molar-refractivity contribution in [2.24, 2.45) is 11.7 Å². The van der Waals surface area contributed by atoms with E-state index in [0.29, 0.717) is 23.2 Å². The number of halogens is 1. The lowest BCUT2D eigenvalue weighted by molar-refractivity contribution is 0.0707. The molecular weight excluding hydrogens is 262 g/mol. The first-order valence-corrected chi connectivity index (χ1v) is 7.29. The van der Waals surface area contributed by atoms with E-state index in [9.17, 15) is 4.79 Å². The van der Waals surface area contributed by atoms with E-state index in [1.54, 1.807) is 11.0 Å². The maximum Gasteiger partial charge on any atom is 0.270 e. The Bertz CT molecular complexity index is 454. The van der Waals surface area contributed by atoms with E-state index < -0.39 is 0 Å². The molecular formula is C14H22ClN3O. The van der Waals surface area contributed by atoms with Crippen LogP contribution in [-0.4, -0.2) is 35.0 Å². The Balaban J connectivity index is 2.17. The molecule has 1 aromatic heterocycles. The summed E-state index contributed by atoms with van der Waals surface area (Å²) < 4.78 is 1.93. The van der Waals surface area contributed by atoms with Crippen LogP contribution in [0.3, 0.4) is 0 Å². The minimum absolute atomic E-state index is 0.0164. The number of carbonyl (C=O) groups excluding carboxylic acids is 1. The SMILES string of the molecule is CCCn1cc(Cl)cc1C(=O)N(C)C(CN)C1CC1.